The summed E-state index contributed by atoms with van der Waals surface area (Å²) in [5.74, 6) is 0.751. The number of hydrogen-bond donors (Lipinski definition) is 1. The molecule has 4 nitrogen and oxygen atoms in total. The van der Waals surface area contributed by atoms with Gasteiger partial charge in [-0.3, -0.25) is 0 Å². The van der Waals surface area contributed by atoms with Crippen molar-refractivity contribution in [3.05, 3.63) is 28.2 Å². The lowest BCUT2D eigenvalue weighted by Gasteiger charge is -2.05. The highest BCUT2D eigenvalue weighted by Crippen LogP contribution is 2.34. The van der Waals surface area contributed by atoms with E-state index < -0.39 is 0 Å². The molecule has 2 rings (SSSR count). The molecule has 0 aliphatic rings. The van der Waals surface area contributed by atoms with Crippen molar-refractivity contribution in [2.24, 2.45) is 0 Å². The molecule has 0 aliphatic heterocycles. The van der Waals surface area contributed by atoms with E-state index in [1.54, 1.807) is 13.2 Å². The maximum Gasteiger partial charge on any atom is 0.151 e. The van der Waals surface area contributed by atoms with Crippen molar-refractivity contribution in [1.29, 1.82) is 0 Å². The van der Waals surface area contributed by atoms with Crippen molar-refractivity contribution in [3.8, 4) is 16.3 Å². The molecule has 0 aliphatic carbocycles. The van der Waals surface area contributed by atoms with E-state index in [1.807, 2.05) is 19.2 Å². The fraction of sp³-hybridized carbons (Fsp3) is 0.273. The molecule has 2 aromatic rings. The predicted molar refractivity (Wildman–Crippen MR) is 69.7 cm³/mol. The molecular weight excluding hydrogens is 258 g/mol. The Morgan fingerprint density at radius 3 is 2.94 bits per heavy atom. The molecule has 1 aromatic heterocycles. The van der Waals surface area contributed by atoms with Crippen LogP contribution in [0.5, 0.6) is 5.75 Å². The summed E-state index contributed by atoms with van der Waals surface area (Å²) in [6, 6.07) is 5.46. The number of benzene rings is 1. The Labute approximate surface area is 109 Å². The normalized spacial score (nSPS) is 10.5. The molecule has 0 radical (unpaired) electrons. The summed E-state index contributed by atoms with van der Waals surface area (Å²) in [5.41, 5.74) is 0.875. The van der Waals surface area contributed by atoms with Gasteiger partial charge in [0.05, 0.1) is 12.7 Å². The van der Waals surface area contributed by atoms with Crippen LogP contribution in [0, 0.1) is 0 Å². The van der Waals surface area contributed by atoms with Gasteiger partial charge in [0.1, 0.15) is 10.8 Å². The van der Waals surface area contributed by atoms with Crippen LogP contribution in [0.25, 0.3) is 10.6 Å². The molecule has 0 atom stereocenters. The number of nitrogens with zero attached hydrogens (tertiary/aromatic N) is 2. The van der Waals surface area contributed by atoms with Gasteiger partial charge in [-0.15, -0.1) is 10.2 Å². The average molecular weight is 270 g/mol. The van der Waals surface area contributed by atoms with Gasteiger partial charge in [0.2, 0.25) is 0 Å². The number of nitrogens with one attached hydrogen (secondary N) is 1. The Balaban J connectivity index is 2.40. The predicted octanol–water partition coefficient (Wildman–Crippen LogP) is 2.59. The third-order valence-electron chi connectivity index (χ3n) is 2.19. The van der Waals surface area contributed by atoms with Crippen LogP contribution in [-0.2, 0) is 6.54 Å². The van der Waals surface area contributed by atoms with Crippen molar-refractivity contribution in [2.45, 2.75) is 6.54 Å². The highest BCUT2D eigenvalue weighted by Gasteiger charge is 2.11. The standard InChI is InChI=1S/C11H12ClN3OS/c1-13-6-10-14-15-11(17-10)8-5-7(12)3-4-9(8)16-2/h3-5,13H,6H2,1-2H3. The van der Waals surface area contributed by atoms with Crippen molar-refractivity contribution < 1.29 is 4.74 Å². The monoisotopic (exact) mass is 269 g/mol. The fourth-order valence-corrected chi connectivity index (χ4v) is 2.48. The first-order valence-electron chi connectivity index (χ1n) is 5.05. The van der Waals surface area contributed by atoms with Gasteiger partial charge in [-0.2, -0.15) is 0 Å². The lowest BCUT2D eigenvalue weighted by molar-refractivity contribution is 0.416. The number of rotatable bonds is 4. The zero-order valence-corrected chi connectivity index (χ0v) is 11.1. The summed E-state index contributed by atoms with van der Waals surface area (Å²) in [7, 11) is 3.50. The SMILES string of the molecule is CNCc1nnc(-c2cc(Cl)ccc2OC)s1. The van der Waals surface area contributed by atoms with E-state index in [0.29, 0.717) is 11.6 Å². The van der Waals surface area contributed by atoms with E-state index >= 15 is 0 Å². The third-order valence-corrected chi connectivity index (χ3v) is 3.38. The minimum Gasteiger partial charge on any atom is -0.496 e. The number of hydrogen-bond acceptors (Lipinski definition) is 5. The lowest BCUT2D eigenvalue weighted by Crippen LogP contribution is -2.04. The van der Waals surface area contributed by atoms with Crippen molar-refractivity contribution in [2.75, 3.05) is 14.2 Å². The maximum absolute atomic E-state index is 5.98. The highest BCUT2D eigenvalue weighted by atomic mass is 35.5. The summed E-state index contributed by atoms with van der Waals surface area (Å²) in [5, 5.41) is 13.7. The van der Waals surface area contributed by atoms with Gasteiger partial charge in [-0.05, 0) is 25.2 Å². The second-order valence-corrected chi connectivity index (χ2v) is 4.87. The molecule has 0 fully saturated rings. The van der Waals surface area contributed by atoms with Crippen molar-refractivity contribution in [3.63, 3.8) is 0 Å². The van der Waals surface area contributed by atoms with Gasteiger partial charge >= 0.3 is 0 Å². The summed E-state index contributed by atoms with van der Waals surface area (Å²) >= 11 is 7.51. The van der Waals surface area contributed by atoms with E-state index in [9.17, 15) is 0 Å². The Bertz CT molecular complexity index is 515. The van der Waals surface area contributed by atoms with Gasteiger partial charge in [-0.1, -0.05) is 22.9 Å². The van der Waals surface area contributed by atoms with Crippen molar-refractivity contribution in [1.82, 2.24) is 15.5 Å². The molecule has 0 bridgehead atoms. The topological polar surface area (TPSA) is 47.0 Å². The Kier molecular flexibility index (Phi) is 3.93. The summed E-state index contributed by atoms with van der Waals surface area (Å²) in [6.07, 6.45) is 0. The van der Waals surface area contributed by atoms with E-state index in [4.69, 9.17) is 16.3 Å². The zero-order valence-electron chi connectivity index (χ0n) is 9.53. The number of ether oxygens (including phenoxy) is 1. The molecule has 17 heavy (non-hydrogen) atoms. The van der Waals surface area contributed by atoms with Gasteiger partial charge in [0.15, 0.2) is 5.01 Å². The zero-order chi connectivity index (χ0) is 12.3. The van der Waals surface area contributed by atoms with Crippen molar-refractivity contribution >= 4 is 22.9 Å². The van der Waals surface area contributed by atoms with Crippen LogP contribution in [0.15, 0.2) is 18.2 Å². The molecule has 90 valence electrons. The van der Waals surface area contributed by atoms with Crippen LogP contribution in [0.2, 0.25) is 5.02 Å². The first-order chi connectivity index (χ1) is 8.24. The van der Waals surface area contributed by atoms with Gasteiger partial charge in [0, 0.05) is 11.6 Å². The molecule has 1 aromatic carbocycles. The molecule has 0 saturated carbocycles. The Hall–Kier alpha value is -1.17. The molecule has 0 spiro atoms. The van der Waals surface area contributed by atoms with Crippen LogP contribution in [-0.4, -0.2) is 24.4 Å². The number of aromatic nitrogens is 2. The minimum absolute atomic E-state index is 0.658. The van der Waals surface area contributed by atoms with E-state index in [2.05, 4.69) is 15.5 Å². The van der Waals surface area contributed by atoms with Crippen LogP contribution in [0.4, 0.5) is 0 Å². The summed E-state index contributed by atoms with van der Waals surface area (Å²) in [4.78, 5) is 0. The summed E-state index contributed by atoms with van der Waals surface area (Å²) < 4.78 is 5.29. The van der Waals surface area contributed by atoms with E-state index in [1.165, 1.54) is 11.3 Å². The van der Waals surface area contributed by atoms with Gasteiger partial charge < -0.3 is 10.1 Å². The average Bonchev–Trinajstić information content (AvgIpc) is 2.78. The second-order valence-electron chi connectivity index (χ2n) is 3.38. The smallest absolute Gasteiger partial charge is 0.151 e. The number of methoxy groups -OCH3 is 1. The molecule has 0 amide bonds. The molecule has 0 unspecified atom stereocenters. The quantitative estimate of drug-likeness (QED) is 0.927. The third kappa shape index (κ3) is 2.74. The second kappa shape index (κ2) is 5.44. The minimum atomic E-state index is 0.658. The number of halogens is 1. The van der Waals surface area contributed by atoms with Crippen LogP contribution >= 0.6 is 22.9 Å². The van der Waals surface area contributed by atoms with E-state index in [0.717, 1.165) is 21.3 Å². The Morgan fingerprint density at radius 2 is 2.24 bits per heavy atom. The fourth-order valence-electron chi connectivity index (χ4n) is 1.43. The largest absolute Gasteiger partial charge is 0.496 e. The molecule has 6 heteroatoms. The van der Waals surface area contributed by atoms with Gasteiger partial charge in [-0.25, -0.2) is 0 Å². The molecule has 1 N–H and O–H groups in total. The first-order valence-corrected chi connectivity index (χ1v) is 6.25. The van der Waals surface area contributed by atoms with Crippen LogP contribution in [0.3, 0.4) is 0 Å². The van der Waals surface area contributed by atoms with E-state index in [-0.39, 0.29) is 0 Å². The van der Waals surface area contributed by atoms with Gasteiger partial charge in [0.25, 0.3) is 0 Å². The highest BCUT2D eigenvalue weighted by molar-refractivity contribution is 7.14. The Morgan fingerprint density at radius 1 is 1.41 bits per heavy atom. The lowest BCUT2D eigenvalue weighted by atomic mass is 10.2. The maximum atomic E-state index is 5.98. The van der Waals surface area contributed by atoms with Crippen LogP contribution in [0.1, 0.15) is 5.01 Å². The summed E-state index contributed by atoms with van der Waals surface area (Å²) in [6.45, 7) is 0.709. The molecular formula is C11H12ClN3OS. The van der Waals surface area contributed by atoms with Crippen LogP contribution < -0.4 is 10.1 Å². The first kappa shape index (κ1) is 12.3. The molecule has 1 heterocycles. The molecule has 0 saturated heterocycles.